The first-order valence-electron chi connectivity index (χ1n) is 6.32. The number of aromatic nitrogens is 1. The van der Waals surface area contributed by atoms with Crippen molar-refractivity contribution in [1.29, 1.82) is 5.26 Å². The average molecular weight is 306 g/mol. The van der Waals surface area contributed by atoms with Crippen molar-refractivity contribution >= 4 is 23.1 Å². The van der Waals surface area contributed by atoms with Gasteiger partial charge >= 0.3 is 0 Å². The summed E-state index contributed by atoms with van der Waals surface area (Å²) >= 11 is 5.83. The number of hydrogen-bond donors (Lipinski definition) is 1. The molecule has 1 N–H and O–H groups in total. The minimum Gasteiger partial charge on any atom is -0.491 e. The summed E-state index contributed by atoms with van der Waals surface area (Å²) in [5, 5.41) is 11.6. The van der Waals surface area contributed by atoms with Crippen LogP contribution in [0, 0.1) is 24.1 Å². The Labute approximate surface area is 127 Å². The molecule has 0 aliphatic heterocycles. The topological polar surface area (TPSA) is 57.9 Å². The molecule has 4 nitrogen and oxygen atoms in total. The summed E-state index contributed by atoms with van der Waals surface area (Å²) in [6, 6.07) is 8.30. The number of anilines is 2. The molecule has 0 unspecified atom stereocenters. The van der Waals surface area contributed by atoms with Crippen molar-refractivity contribution in [2.75, 3.05) is 11.9 Å². The van der Waals surface area contributed by atoms with Crippen LogP contribution in [0.1, 0.15) is 18.1 Å². The normalized spacial score (nSPS) is 10.0. The first kappa shape index (κ1) is 15.1. The Kier molecular flexibility index (Phi) is 4.61. The largest absolute Gasteiger partial charge is 0.491 e. The van der Waals surface area contributed by atoms with E-state index in [9.17, 15) is 4.39 Å². The number of para-hydroxylation sites is 1. The molecule has 0 amide bonds. The summed E-state index contributed by atoms with van der Waals surface area (Å²) in [6.07, 6.45) is 0. The zero-order valence-electron chi connectivity index (χ0n) is 11.6. The lowest BCUT2D eigenvalue weighted by molar-refractivity contribution is 0.339. The second kappa shape index (κ2) is 6.42. The van der Waals surface area contributed by atoms with E-state index in [-0.39, 0.29) is 16.5 Å². The van der Waals surface area contributed by atoms with Gasteiger partial charge < -0.3 is 10.1 Å². The molecular weight excluding hydrogens is 293 g/mol. The molecule has 21 heavy (non-hydrogen) atoms. The average Bonchev–Trinajstić information content (AvgIpc) is 2.46. The van der Waals surface area contributed by atoms with E-state index in [0.717, 1.165) is 11.6 Å². The van der Waals surface area contributed by atoms with Crippen LogP contribution in [0.2, 0.25) is 5.15 Å². The lowest BCUT2D eigenvalue weighted by Crippen LogP contribution is -2.03. The van der Waals surface area contributed by atoms with Gasteiger partial charge in [-0.05, 0) is 31.5 Å². The van der Waals surface area contributed by atoms with E-state index < -0.39 is 5.82 Å². The van der Waals surface area contributed by atoms with E-state index in [1.165, 1.54) is 0 Å². The maximum absolute atomic E-state index is 13.9. The molecule has 1 aromatic carbocycles. The molecule has 0 saturated heterocycles. The molecular formula is C15H13ClFN3O. The number of halogens is 2. The highest BCUT2D eigenvalue weighted by Gasteiger charge is 2.13. The SMILES string of the molecule is CCOc1c(C)cccc1Nc1nc(Cl)c(C#N)cc1F. The van der Waals surface area contributed by atoms with Crippen molar-refractivity contribution in [1.82, 2.24) is 4.98 Å². The monoisotopic (exact) mass is 305 g/mol. The molecule has 0 spiro atoms. The number of ether oxygens (including phenoxy) is 1. The minimum atomic E-state index is -0.653. The molecule has 0 aliphatic rings. The summed E-state index contributed by atoms with van der Waals surface area (Å²) in [7, 11) is 0. The maximum Gasteiger partial charge on any atom is 0.168 e. The minimum absolute atomic E-state index is 0.00556. The van der Waals surface area contributed by atoms with E-state index in [2.05, 4.69) is 10.3 Å². The van der Waals surface area contributed by atoms with Gasteiger partial charge in [0, 0.05) is 0 Å². The number of nitrogens with one attached hydrogen (secondary N) is 1. The van der Waals surface area contributed by atoms with Gasteiger partial charge in [0.05, 0.1) is 17.9 Å². The van der Waals surface area contributed by atoms with Gasteiger partial charge in [-0.2, -0.15) is 5.26 Å². The Bertz CT molecular complexity index is 713. The van der Waals surface area contributed by atoms with Crippen LogP contribution >= 0.6 is 11.6 Å². The summed E-state index contributed by atoms with van der Waals surface area (Å²) in [5.41, 5.74) is 1.50. The summed E-state index contributed by atoms with van der Waals surface area (Å²) in [5.74, 6) is -0.0767. The lowest BCUT2D eigenvalue weighted by atomic mass is 10.2. The van der Waals surface area contributed by atoms with Crippen molar-refractivity contribution in [2.45, 2.75) is 13.8 Å². The number of hydrogen-bond acceptors (Lipinski definition) is 4. The zero-order chi connectivity index (χ0) is 15.4. The van der Waals surface area contributed by atoms with Crippen LogP contribution in [0.25, 0.3) is 0 Å². The molecule has 2 aromatic rings. The number of nitrogens with zero attached hydrogens (tertiary/aromatic N) is 2. The molecule has 0 fully saturated rings. The number of nitriles is 1. The van der Waals surface area contributed by atoms with E-state index in [0.29, 0.717) is 18.0 Å². The van der Waals surface area contributed by atoms with Crippen molar-refractivity contribution < 1.29 is 9.13 Å². The smallest absolute Gasteiger partial charge is 0.168 e. The van der Waals surface area contributed by atoms with Gasteiger partial charge in [-0.1, -0.05) is 23.7 Å². The highest BCUT2D eigenvalue weighted by molar-refractivity contribution is 6.30. The fourth-order valence-corrected chi connectivity index (χ4v) is 2.03. The van der Waals surface area contributed by atoms with Gasteiger partial charge in [0.25, 0.3) is 0 Å². The molecule has 108 valence electrons. The number of benzene rings is 1. The maximum atomic E-state index is 13.9. The fraction of sp³-hybridized carbons (Fsp3) is 0.200. The van der Waals surface area contributed by atoms with Crippen molar-refractivity contribution in [3.63, 3.8) is 0 Å². The third kappa shape index (κ3) is 3.23. The quantitative estimate of drug-likeness (QED) is 0.860. The van der Waals surface area contributed by atoms with Crippen molar-refractivity contribution in [3.05, 3.63) is 46.4 Å². The van der Waals surface area contributed by atoms with Gasteiger partial charge in [0.1, 0.15) is 17.0 Å². The van der Waals surface area contributed by atoms with Crippen LogP contribution in [-0.2, 0) is 0 Å². The zero-order valence-corrected chi connectivity index (χ0v) is 12.3. The first-order valence-corrected chi connectivity index (χ1v) is 6.70. The Balaban J connectivity index is 2.42. The fourth-order valence-electron chi connectivity index (χ4n) is 1.85. The van der Waals surface area contributed by atoms with Gasteiger partial charge in [0.15, 0.2) is 11.6 Å². The molecule has 0 bridgehead atoms. The molecule has 1 aromatic heterocycles. The van der Waals surface area contributed by atoms with E-state index in [1.807, 2.05) is 26.0 Å². The molecule has 0 aliphatic carbocycles. The van der Waals surface area contributed by atoms with Crippen LogP contribution in [0.5, 0.6) is 5.75 Å². The van der Waals surface area contributed by atoms with Crippen LogP contribution < -0.4 is 10.1 Å². The Morgan fingerprint density at radius 3 is 2.90 bits per heavy atom. The van der Waals surface area contributed by atoms with Gasteiger partial charge in [-0.3, -0.25) is 0 Å². The lowest BCUT2D eigenvalue weighted by Gasteiger charge is -2.14. The molecule has 6 heteroatoms. The Hall–Kier alpha value is -2.32. The van der Waals surface area contributed by atoms with Crippen LogP contribution in [0.4, 0.5) is 15.9 Å². The van der Waals surface area contributed by atoms with E-state index in [1.54, 1.807) is 12.1 Å². The standard InChI is InChI=1S/C15H13ClFN3O/c1-3-21-13-9(2)5-4-6-12(13)19-15-11(17)7-10(8-18)14(16)20-15/h4-7H,3H2,1-2H3,(H,19,20). The Morgan fingerprint density at radius 2 is 2.24 bits per heavy atom. The molecule has 0 atom stereocenters. The summed E-state index contributed by atoms with van der Waals surface area (Å²) in [6.45, 7) is 4.25. The van der Waals surface area contributed by atoms with Crippen molar-refractivity contribution in [3.8, 4) is 11.8 Å². The second-order valence-electron chi connectivity index (χ2n) is 4.28. The van der Waals surface area contributed by atoms with Crippen LogP contribution in [0.3, 0.4) is 0 Å². The second-order valence-corrected chi connectivity index (χ2v) is 4.64. The molecule has 1 heterocycles. The number of pyridine rings is 1. The van der Waals surface area contributed by atoms with Crippen LogP contribution in [0.15, 0.2) is 24.3 Å². The van der Waals surface area contributed by atoms with Gasteiger partial charge in [0.2, 0.25) is 0 Å². The van der Waals surface area contributed by atoms with Gasteiger partial charge in [-0.25, -0.2) is 9.37 Å². The number of aryl methyl sites for hydroxylation is 1. The first-order chi connectivity index (χ1) is 10.1. The van der Waals surface area contributed by atoms with Gasteiger partial charge in [-0.15, -0.1) is 0 Å². The molecule has 2 rings (SSSR count). The predicted octanol–water partition coefficient (Wildman–Crippen LogP) is 4.20. The van der Waals surface area contributed by atoms with E-state index in [4.69, 9.17) is 21.6 Å². The third-order valence-corrected chi connectivity index (χ3v) is 3.09. The number of rotatable bonds is 4. The molecule has 0 radical (unpaired) electrons. The van der Waals surface area contributed by atoms with Crippen LogP contribution in [-0.4, -0.2) is 11.6 Å². The summed E-state index contributed by atoms with van der Waals surface area (Å²) < 4.78 is 19.5. The highest BCUT2D eigenvalue weighted by Crippen LogP contribution is 2.32. The third-order valence-electron chi connectivity index (χ3n) is 2.80. The molecule has 0 saturated carbocycles. The summed E-state index contributed by atoms with van der Waals surface area (Å²) in [4.78, 5) is 3.87. The highest BCUT2D eigenvalue weighted by atomic mass is 35.5. The van der Waals surface area contributed by atoms with E-state index >= 15 is 0 Å². The predicted molar refractivity (Wildman–Crippen MR) is 79.6 cm³/mol. The Morgan fingerprint density at radius 1 is 1.48 bits per heavy atom. The van der Waals surface area contributed by atoms with Crippen molar-refractivity contribution in [2.24, 2.45) is 0 Å².